The Kier molecular flexibility index (Phi) is 5.16. The van der Waals surface area contributed by atoms with E-state index in [2.05, 4.69) is 5.32 Å². The zero-order valence-electron chi connectivity index (χ0n) is 10.7. The highest BCUT2D eigenvalue weighted by atomic mass is 32.2. The van der Waals surface area contributed by atoms with E-state index < -0.39 is 28.9 Å². The van der Waals surface area contributed by atoms with Crippen molar-refractivity contribution in [3.05, 3.63) is 17.9 Å². The fourth-order valence-corrected chi connectivity index (χ4v) is 2.01. The Bertz CT molecular complexity index is 542. The second-order valence-corrected chi connectivity index (χ2v) is 6.26. The maximum Gasteiger partial charge on any atom is 0.319 e. The Morgan fingerprint density at radius 2 is 1.95 bits per heavy atom. The molecule has 1 heterocycles. The number of rotatable bonds is 7. The van der Waals surface area contributed by atoms with Gasteiger partial charge in [0.2, 0.25) is 5.09 Å². The van der Waals surface area contributed by atoms with Gasteiger partial charge in [0.25, 0.3) is 10.0 Å². The van der Waals surface area contributed by atoms with Crippen molar-refractivity contribution in [2.45, 2.75) is 24.0 Å². The molecule has 116 valence electrons. The minimum atomic E-state index is -4.15. The second-order valence-electron chi connectivity index (χ2n) is 4.17. The van der Waals surface area contributed by atoms with Gasteiger partial charge in [0.15, 0.2) is 0 Å². The molecule has 0 atom stereocenters. The van der Waals surface area contributed by atoms with Crippen molar-refractivity contribution >= 4 is 10.0 Å². The van der Waals surface area contributed by atoms with Gasteiger partial charge in [-0.1, -0.05) is 0 Å². The highest BCUT2D eigenvalue weighted by Gasteiger charge is 2.40. The lowest BCUT2D eigenvalue weighted by Crippen LogP contribution is -2.38. The number of alkyl halides is 4. The van der Waals surface area contributed by atoms with Crippen LogP contribution in [0.1, 0.15) is 5.76 Å². The van der Waals surface area contributed by atoms with E-state index in [9.17, 15) is 26.0 Å². The van der Waals surface area contributed by atoms with Crippen LogP contribution < -0.4 is 5.32 Å². The molecule has 0 saturated carbocycles. The van der Waals surface area contributed by atoms with Gasteiger partial charge in [-0.3, -0.25) is 0 Å². The number of nitrogens with one attached hydrogen (secondary N) is 1. The maximum atomic E-state index is 12.6. The molecule has 1 N–H and O–H groups in total. The van der Waals surface area contributed by atoms with Crippen LogP contribution in [0.25, 0.3) is 0 Å². The molecule has 0 saturated heterocycles. The first-order valence-electron chi connectivity index (χ1n) is 5.45. The zero-order chi connectivity index (χ0) is 15.6. The lowest BCUT2D eigenvalue weighted by molar-refractivity contribution is -0.125. The van der Waals surface area contributed by atoms with Gasteiger partial charge in [0, 0.05) is 14.1 Å². The van der Waals surface area contributed by atoms with Crippen LogP contribution in [-0.4, -0.2) is 45.7 Å². The Labute approximate surface area is 113 Å². The molecule has 1 rings (SSSR count). The Balaban J connectivity index is 2.63. The summed E-state index contributed by atoms with van der Waals surface area (Å²) in [6.07, 6.45) is -3.77. The van der Waals surface area contributed by atoms with Gasteiger partial charge >= 0.3 is 12.3 Å². The number of hydrogen-bond acceptors (Lipinski definition) is 4. The summed E-state index contributed by atoms with van der Waals surface area (Å²) in [5, 5.41) is 1.74. The molecule has 0 aliphatic carbocycles. The minimum absolute atomic E-state index is 0.0514. The normalized spacial score (nSPS) is 13.4. The van der Waals surface area contributed by atoms with Crippen molar-refractivity contribution in [3.8, 4) is 0 Å². The molecular weight excluding hydrogens is 304 g/mol. The predicted octanol–water partition coefficient (Wildman–Crippen LogP) is 1.52. The number of nitrogens with zero attached hydrogens (tertiary/aromatic N) is 1. The number of furan rings is 1. The number of halogens is 4. The molecule has 0 spiro atoms. The molecule has 0 amide bonds. The van der Waals surface area contributed by atoms with Crippen molar-refractivity contribution in [2.24, 2.45) is 0 Å². The smallest absolute Gasteiger partial charge is 0.319 e. The van der Waals surface area contributed by atoms with Gasteiger partial charge < -0.3 is 9.73 Å². The number of hydrogen-bond donors (Lipinski definition) is 1. The summed E-state index contributed by atoms with van der Waals surface area (Å²) in [5.41, 5.74) is 0. The third-order valence-corrected chi connectivity index (χ3v) is 4.04. The summed E-state index contributed by atoms with van der Waals surface area (Å²) in [7, 11) is -1.14. The SMILES string of the molecule is CN(C)S(=O)(=O)c1ccc(CNCC(F)(F)C(F)F)o1. The zero-order valence-corrected chi connectivity index (χ0v) is 11.6. The van der Waals surface area contributed by atoms with E-state index >= 15 is 0 Å². The van der Waals surface area contributed by atoms with Crippen LogP contribution in [0, 0.1) is 0 Å². The number of sulfonamides is 1. The topological polar surface area (TPSA) is 62.6 Å². The lowest BCUT2D eigenvalue weighted by Gasteiger charge is -2.15. The molecular formula is C10H14F4N2O3S. The first kappa shape index (κ1) is 16.9. The van der Waals surface area contributed by atoms with Gasteiger partial charge in [-0.25, -0.2) is 21.5 Å². The summed E-state index contributed by atoms with van der Waals surface area (Å²) < 4.78 is 78.2. The third kappa shape index (κ3) is 3.93. The Morgan fingerprint density at radius 1 is 1.35 bits per heavy atom. The van der Waals surface area contributed by atoms with Crippen LogP contribution in [0.5, 0.6) is 0 Å². The van der Waals surface area contributed by atoms with Crippen LogP contribution in [0.15, 0.2) is 21.6 Å². The van der Waals surface area contributed by atoms with Gasteiger partial charge in [-0.05, 0) is 12.1 Å². The molecule has 0 aliphatic rings. The first-order valence-corrected chi connectivity index (χ1v) is 6.89. The van der Waals surface area contributed by atoms with E-state index in [0.29, 0.717) is 0 Å². The Morgan fingerprint density at radius 3 is 2.45 bits per heavy atom. The van der Waals surface area contributed by atoms with Crippen molar-refractivity contribution in [1.82, 2.24) is 9.62 Å². The van der Waals surface area contributed by atoms with Crippen LogP contribution in [0.2, 0.25) is 0 Å². The van der Waals surface area contributed by atoms with Crippen molar-refractivity contribution in [3.63, 3.8) is 0 Å². The summed E-state index contributed by atoms with van der Waals surface area (Å²) in [4.78, 5) is 0. The van der Waals surface area contributed by atoms with Gasteiger partial charge in [0.05, 0.1) is 13.1 Å². The Hall–Kier alpha value is -1.13. The van der Waals surface area contributed by atoms with E-state index in [4.69, 9.17) is 4.42 Å². The van der Waals surface area contributed by atoms with Gasteiger partial charge in [0.1, 0.15) is 5.76 Å². The fourth-order valence-electron chi connectivity index (χ4n) is 1.20. The summed E-state index contributed by atoms with van der Waals surface area (Å²) in [6.45, 7) is -1.52. The van der Waals surface area contributed by atoms with Crippen LogP contribution >= 0.6 is 0 Å². The summed E-state index contributed by atoms with van der Waals surface area (Å²) in [5.74, 6) is -4.10. The average molecular weight is 318 g/mol. The van der Waals surface area contributed by atoms with E-state index in [1.54, 1.807) is 0 Å². The molecule has 0 aliphatic heterocycles. The molecule has 0 radical (unpaired) electrons. The van der Waals surface area contributed by atoms with E-state index in [0.717, 1.165) is 10.4 Å². The second kappa shape index (κ2) is 6.10. The van der Waals surface area contributed by atoms with Crippen molar-refractivity contribution < 1.29 is 30.4 Å². The van der Waals surface area contributed by atoms with E-state index in [-0.39, 0.29) is 17.4 Å². The van der Waals surface area contributed by atoms with Crippen LogP contribution in [-0.2, 0) is 16.6 Å². The molecule has 0 unspecified atom stereocenters. The standard InChI is InChI=1S/C10H14F4N2O3S/c1-16(2)20(17,18)8-4-3-7(19-8)5-15-6-10(13,14)9(11)12/h3-4,9,15H,5-6H2,1-2H3. The maximum absolute atomic E-state index is 12.6. The van der Waals surface area contributed by atoms with Crippen molar-refractivity contribution in [2.75, 3.05) is 20.6 Å². The van der Waals surface area contributed by atoms with Gasteiger partial charge in [-0.2, -0.15) is 8.78 Å². The lowest BCUT2D eigenvalue weighted by atomic mass is 10.3. The first-order chi connectivity index (χ1) is 9.07. The molecule has 20 heavy (non-hydrogen) atoms. The van der Waals surface area contributed by atoms with Gasteiger partial charge in [-0.15, -0.1) is 0 Å². The molecule has 0 fully saturated rings. The largest absolute Gasteiger partial charge is 0.447 e. The quantitative estimate of drug-likeness (QED) is 0.774. The molecule has 0 bridgehead atoms. The average Bonchev–Trinajstić information content (AvgIpc) is 2.77. The monoisotopic (exact) mass is 318 g/mol. The summed E-state index contributed by atoms with van der Waals surface area (Å²) >= 11 is 0. The fraction of sp³-hybridized carbons (Fsp3) is 0.600. The molecule has 1 aromatic heterocycles. The third-order valence-electron chi connectivity index (χ3n) is 2.35. The summed E-state index contributed by atoms with van der Waals surface area (Å²) in [6, 6.07) is 2.43. The van der Waals surface area contributed by atoms with Crippen LogP contribution in [0.4, 0.5) is 17.6 Å². The molecule has 5 nitrogen and oxygen atoms in total. The van der Waals surface area contributed by atoms with Crippen LogP contribution in [0.3, 0.4) is 0 Å². The van der Waals surface area contributed by atoms with E-state index in [1.165, 1.54) is 20.2 Å². The molecule has 10 heteroatoms. The molecule has 0 aromatic carbocycles. The minimum Gasteiger partial charge on any atom is -0.447 e. The predicted molar refractivity (Wildman–Crippen MR) is 62.2 cm³/mol. The highest BCUT2D eigenvalue weighted by molar-refractivity contribution is 7.88. The van der Waals surface area contributed by atoms with E-state index in [1.807, 2.05) is 0 Å². The highest BCUT2D eigenvalue weighted by Crippen LogP contribution is 2.22. The molecule has 1 aromatic rings. The van der Waals surface area contributed by atoms with Crippen molar-refractivity contribution in [1.29, 1.82) is 0 Å².